The Kier molecular flexibility index (Phi) is 3.40. The van der Waals surface area contributed by atoms with E-state index >= 15 is 0 Å². The topological polar surface area (TPSA) is 53.6 Å². The molecule has 0 bridgehead atoms. The predicted octanol–water partition coefficient (Wildman–Crippen LogP) is 0.140. The molecule has 2 atom stereocenters. The van der Waals surface area contributed by atoms with Crippen molar-refractivity contribution in [3.8, 4) is 5.75 Å². The lowest BCUT2D eigenvalue weighted by Crippen LogP contribution is -2.62. The number of carbonyl (C=O) groups excluding carboxylic acids is 1. The molecule has 0 saturated carbocycles. The van der Waals surface area contributed by atoms with Gasteiger partial charge in [0, 0.05) is 37.3 Å². The van der Waals surface area contributed by atoms with E-state index in [1.54, 1.807) is 7.11 Å². The second-order valence-corrected chi connectivity index (χ2v) is 5.09. The van der Waals surface area contributed by atoms with E-state index in [2.05, 4.69) is 21.6 Å². The zero-order chi connectivity index (χ0) is 13.2. The fourth-order valence-electron chi connectivity index (χ4n) is 2.89. The number of methoxy groups -OCH3 is 1. The highest BCUT2D eigenvalue weighted by Crippen LogP contribution is 2.28. The molecule has 2 unspecified atom stereocenters. The summed E-state index contributed by atoms with van der Waals surface area (Å²) in [4.78, 5) is 13.7. The van der Waals surface area contributed by atoms with Gasteiger partial charge in [-0.25, -0.2) is 0 Å². The van der Waals surface area contributed by atoms with Crippen molar-refractivity contribution in [3.63, 3.8) is 0 Å². The van der Waals surface area contributed by atoms with Crippen molar-refractivity contribution in [3.05, 3.63) is 29.8 Å². The highest BCUT2D eigenvalue weighted by Gasteiger charge is 2.33. The molecular formula is C14H19N3O2. The number of para-hydroxylation sites is 1. The van der Waals surface area contributed by atoms with Gasteiger partial charge in [0.2, 0.25) is 5.91 Å². The number of hydrogen-bond acceptors (Lipinski definition) is 4. The maximum Gasteiger partial charge on any atom is 0.234 e. The predicted molar refractivity (Wildman–Crippen MR) is 72.1 cm³/mol. The Morgan fingerprint density at radius 3 is 3.00 bits per heavy atom. The number of benzene rings is 1. The maximum atomic E-state index is 11.5. The van der Waals surface area contributed by atoms with Crippen LogP contribution in [0.15, 0.2) is 24.3 Å². The Hall–Kier alpha value is -1.59. The normalized spacial score (nSPS) is 27.5. The third kappa shape index (κ3) is 2.43. The summed E-state index contributed by atoms with van der Waals surface area (Å²) in [7, 11) is 1.69. The van der Waals surface area contributed by atoms with Crippen LogP contribution >= 0.6 is 0 Å². The Balaban J connectivity index is 1.78. The molecule has 2 aliphatic heterocycles. The first-order valence-electron chi connectivity index (χ1n) is 6.65. The monoisotopic (exact) mass is 261 g/mol. The van der Waals surface area contributed by atoms with E-state index < -0.39 is 0 Å². The van der Waals surface area contributed by atoms with E-state index in [0.29, 0.717) is 12.6 Å². The van der Waals surface area contributed by atoms with E-state index in [4.69, 9.17) is 4.74 Å². The van der Waals surface area contributed by atoms with Gasteiger partial charge >= 0.3 is 0 Å². The van der Waals surface area contributed by atoms with Gasteiger partial charge in [0.1, 0.15) is 5.75 Å². The Morgan fingerprint density at radius 2 is 2.16 bits per heavy atom. The zero-order valence-electron chi connectivity index (χ0n) is 11.1. The molecule has 102 valence electrons. The average molecular weight is 261 g/mol. The Labute approximate surface area is 112 Å². The third-order valence-corrected chi connectivity index (χ3v) is 3.93. The number of ether oxygens (including phenoxy) is 1. The van der Waals surface area contributed by atoms with Gasteiger partial charge in [-0.3, -0.25) is 9.69 Å². The van der Waals surface area contributed by atoms with Gasteiger partial charge in [0.25, 0.3) is 0 Å². The lowest BCUT2D eigenvalue weighted by Gasteiger charge is -2.43. The van der Waals surface area contributed by atoms with Gasteiger partial charge in [-0.1, -0.05) is 18.2 Å². The molecule has 1 amide bonds. The molecule has 0 radical (unpaired) electrons. The van der Waals surface area contributed by atoms with Crippen LogP contribution in [0.1, 0.15) is 11.6 Å². The van der Waals surface area contributed by atoms with Gasteiger partial charge in [-0.15, -0.1) is 0 Å². The highest BCUT2D eigenvalue weighted by molar-refractivity contribution is 5.79. The van der Waals surface area contributed by atoms with E-state index in [0.717, 1.165) is 30.9 Å². The SMILES string of the molecule is COc1ccccc1C1CN2CC(=O)NCC2CN1. The molecule has 2 N–H and O–H groups in total. The molecule has 0 aliphatic carbocycles. The lowest BCUT2D eigenvalue weighted by atomic mass is 9.99. The van der Waals surface area contributed by atoms with Crippen LogP contribution in [0, 0.1) is 0 Å². The summed E-state index contributed by atoms with van der Waals surface area (Å²) in [5.74, 6) is 1.02. The molecule has 5 heteroatoms. The van der Waals surface area contributed by atoms with Gasteiger partial charge in [-0.05, 0) is 6.07 Å². The Morgan fingerprint density at radius 1 is 1.32 bits per heavy atom. The maximum absolute atomic E-state index is 11.5. The molecule has 2 saturated heterocycles. The van der Waals surface area contributed by atoms with Crippen molar-refractivity contribution >= 4 is 5.91 Å². The summed E-state index contributed by atoms with van der Waals surface area (Å²) in [5.41, 5.74) is 1.16. The van der Waals surface area contributed by atoms with Crippen LogP contribution in [-0.2, 0) is 4.79 Å². The summed E-state index contributed by atoms with van der Waals surface area (Å²) in [6.07, 6.45) is 0. The van der Waals surface area contributed by atoms with Crippen LogP contribution in [-0.4, -0.2) is 50.1 Å². The molecule has 19 heavy (non-hydrogen) atoms. The first-order chi connectivity index (χ1) is 9.28. The van der Waals surface area contributed by atoms with Crippen molar-refractivity contribution in [2.75, 3.05) is 33.3 Å². The second kappa shape index (κ2) is 5.19. The number of piperazine rings is 2. The zero-order valence-corrected chi connectivity index (χ0v) is 11.1. The molecule has 2 heterocycles. The molecule has 1 aromatic rings. The summed E-state index contributed by atoms with van der Waals surface area (Å²) in [6, 6.07) is 8.69. The van der Waals surface area contributed by atoms with E-state index in [1.165, 1.54) is 0 Å². The molecular weight excluding hydrogens is 242 g/mol. The number of hydrogen-bond donors (Lipinski definition) is 2. The first-order valence-corrected chi connectivity index (χ1v) is 6.65. The van der Waals surface area contributed by atoms with E-state index in [-0.39, 0.29) is 11.9 Å². The molecule has 0 aromatic heterocycles. The van der Waals surface area contributed by atoms with Crippen molar-refractivity contribution < 1.29 is 9.53 Å². The van der Waals surface area contributed by atoms with E-state index in [1.807, 2.05) is 18.2 Å². The summed E-state index contributed by atoms with van der Waals surface area (Å²) in [6.45, 7) is 2.98. The van der Waals surface area contributed by atoms with Crippen LogP contribution in [0.2, 0.25) is 0 Å². The third-order valence-electron chi connectivity index (χ3n) is 3.93. The van der Waals surface area contributed by atoms with Gasteiger partial charge < -0.3 is 15.4 Å². The number of amides is 1. The number of fused-ring (bicyclic) bond motifs is 1. The number of rotatable bonds is 2. The quantitative estimate of drug-likeness (QED) is 0.795. The molecule has 3 rings (SSSR count). The standard InChI is InChI=1S/C14H19N3O2/c1-19-13-5-3-2-4-11(13)12-8-17-9-14(18)16-7-10(17)6-15-12/h2-5,10,12,15H,6-9H2,1H3,(H,16,18). The fourth-order valence-corrected chi connectivity index (χ4v) is 2.89. The number of carbonyl (C=O) groups is 1. The van der Waals surface area contributed by atoms with Crippen LogP contribution < -0.4 is 15.4 Å². The highest BCUT2D eigenvalue weighted by atomic mass is 16.5. The fraction of sp³-hybridized carbons (Fsp3) is 0.500. The first kappa shape index (κ1) is 12.4. The van der Waals surface area contributed by atoms with Crippen LogP contribution in [0.5, 0.6) is 5.75 Å². The van der Waals surface area contributed by atoms with Crippen LogP contribution in [0.25, 0.3) is 0 Å². The van der Waals surface area contributed by atoms with E-state index in [9.17, 15) is 4.79 Å². The Bertz CT molecular complexity index is 478. The smallest absolute Gasteiger partial charge is 0.234 e. The summed E-state index contributed by atoms with van der Waals surface area (Å²) in [5, 5.41) is 6.46. The van der Waals surface area contributed by atoms with Crippen molar-refractivity contribution in [2.24, 2.45) is 0 Å². The van der Waals surface area contributed by atoms with Crippen molar-refractivity contribution in [1.29, 1.82) is 0 Å². The molecule has 1 aromatic carbocycles. The van der Waals surface area contributed by atoms with Crippen LogP contribution in [0.3, 0.4) is 0 Å². The van der Waals surface area contributed by atoms with Crippen molar-refractivity contribution in [1.82, 2.24) is 15.5 Å². The number of nitrogens with zero attached hydrogens (tertiary/aromatic N) is 1. The van der Waals surface area contributed by atoms with Crippen molar-refractivity contribution in [2.45, 2.75) is 12.1 Å². The number of nitrogens with one attached hydrogen (secondary N) is 2. The van der Waals surface area contributed by atoms with Gasteiger partial charge in [0.05, 0.1) is 13.7 Å². The summed E-state index contributed by atoms with van der Waals surface area (Å²) < 4.78 is 5.42. The minimum absolute atomic E-state index is 0.122. The molecule has 2 aliphatic rings. The average Bonchev–Trinajstić information content (AvgIpc) is 2.46. The summed E-state index contributed by atoms with van der Waals surface area (Å²) >= 11 is 0. The minimum Gasteiger partial charge on any atom is -0.496 e. The molecule has 2 fully saturated rings. The second-order valence-electron chi connectivity index (χ2n) is 5.09. The molecule has 0 spiro atoms. The lowest BCUT2D eigenvalue weighted by molar-refractivity contribution is -0.126. The molecule has 5 nitrogen and oxygen atoms in total. The minimum atomic E-state index is 0.122. The van der Waals surface area contributed by atoms with Gasteiger partial charge in [-0.2, -0.15) is 0 Å². The largest absolute Gasteiger partial charge is 0.496 e. The van der Waals surface area contributed by atoms with Gasteiger partial charge in [0.15, 0.2) is 0 Å². The van der Waals surface area contributed by atoms with Crippen LogP contribution in [0.4, 0.5) is 0 Å².